The number of hydrogen-bond donors (Lipinski definition) is 0. The van der Waals surface area contributed by atoms with Crippen molar-refractivity contribution < 1.29 is 4.79 Å². The van der Waals surface area contributed by atoms with Gasteiger partial charge in [0.2, 0.25) is 0 Å². The third kappa shape index (κ3) is 2.02. The summed E-state index contributed by atoms with van der Waals surface area (Å²) in [5.74, 6) is 0.136. The summed E-state index contributed by atoms with van der Waals surface area (Å²) >= 11 is 5.85. The zero-order valence-corrected chi connectivity index (χ0v) is 11.2. The van der Waals surface area contributed by atoms with Crippen LogP contribution in [0.1, 0.15) is 23.2 Å². The maximum atomic E-state index is 12.4. The molecule has 1 aromatic carbocycles. The molecule has 1 amide bonds. The van der Waals surface area contributed by atoms with E-state index in [1.165, 1.54) is 12.8 Å². The molecule has 2 aliphatic heterocycles. The van der Waals surface area contributed by atoms with Crippen LogP contribution in [0.15, 0.2) is 24.3 Å². The van der Waals surface area contributed by atoms with E-state index in [4.69, 9.17) is 11.6 Å². The molecule has 2 heterocycles. The van der Waals surface area contributed by atoms with Gasteiger partial charge in [-0.25, -0.2) is 0 Å². The van der Waals surface area contributed by atoms with Crippen molar-refractivity contribution in [1.29, 1.82) is 0 Å². The predicted molar refractivity (Wildman–Crippen MR) is 71.9 cm³/mol. The smallest absolute Gasteiger partial charge is 0.253 e. The van der Waals surface area contributed by atoms with Crippen LogP contribution in [0.5, 0.6) is 0 Å². The van der Waals surface area contributed by atoms with Crippen molar-refractivity contribution in [1.82, 2.24) is 9.80 Å². The largest absolute Gasteiger partial charge is 0.336 e. The summed E-state index contributed by atoms with van der Waals surface area (Å²) in [4.78, 5) is 16.8. The Morgan fingerprint density at radius 3 is 2.28 bits per heavy atom. The first-order chi connectivity index (χ1) is 8.65. The number of amides is 1. The number of likely N-dealkylation sites (tertiary alicyclic amines) is 1. The van der Waals surface area contributed by atoms with Gasteiger partial charge in [-0.2, -0.15) is 0 Å². The van der Waals surface area contributed by atoms with E-state index in [0.717, 1.165) is 18.7 Å². The average Bonchev–Trinajstić information content (AvgIpc) is 2.62. The molecular formula is C14H17ClN2O. The van der Waals surface area contributed by atoms with Crippen molar-refractivity contribution in [3.05, 3.63) is 34.9 Å². The molecule has 0 N–H and O–H groups in total. The molecule has 0 aromatic heterocycles. The van der Waals surface area contributed by atoms with Gasteiger partial charge < -0.3 is 4.90 Å². The number of carbonyl (C=O) groups excluding carboxylic acids is 1. The van der Waals surface area contributed by atoms with E-state index < -0.39 is 0 Å². The fraction of sp³-hybridized carbons (Fsp3) is 0.500. The summed E-state index contributed by atoms with van der Waals surface area (Å²) in [5.41, 5.74) is 0.739. The maximum absolute atomic E-state index is 12.4. The first kappa shape index (κ1) is 12.0. The number of fused-ring (bicyclic) bond motifs is 2. The van der Waals surface area contributed by atoms with E-state index in [2.05, 4.69) is 11.9 Å². The van der Waals surface area contributed by atoms with Crippen molar-refractivity contribution >= 4 is 17.5 Å². The molecule has 2 bridgehead atoms. The molecule has 2 aliphatic rings. The average molecular weight is 265 g/mol. The van der Waals surface area contributed by atoms with Crippen molar-refractivity contribution in [2.45, 2.75) is 24.9 Å². The summed E-state index contributed by atoms with van der Waals surface area (Å²) in [6, 6.07) is 8.26. The Hall–Kier alpha value is -1.06. The standard InChI is InChI=1S/C14H17ClN2O/c1-16-12-6-7-13(16)9-17(8-12)14(18)10-2-4-11(15)5-3-10/h2-5,12-13H,6-9H2,1H3. The lowest BCUT2D eigenvalue weighted by Crippen LogP contribution is -2.53. The van der Waals surface area contributed by atoms with Crippen LogP contribution in [-0.4, -0.2) is 47.9 Å². The van der Waals surface area contributed by atoms with Gasteiger partial charge in [0.1, 0.15) is 0 Å². The Kier molecular flexibility index (Phi) is 3.04. The second-order valence-electron chi connectivity index (χ2n) is 5.27. The Bertz CT molecular complexity index is 445. The molecule has 2 saturated heterocycles. The normalized spacial score (nSPS) is 27.6. The number of hydrogen-bond acceptors (Lipinski definition) is 2. The Morgan fingerprint density at radius 1 is 1.17 bits per heavy atom. The SMILES string of the molecule is CN1C2CCC1CN(C(=O)c1ccc(Cl)cc1)C2. The van der Waals surface area contributed by atoms with Gasteiger partial charge in [-0.1, -0.05) is 11.6 Å². The van der Waals surface area contributed by atoms with Crippen molar-refractivity contribution in [3.8, 4) is 0 Å². The quantitative estimate of drug-likeness (QED) is 0.777. The van der Waals surface area contributed by atoms with Crippen LogP contribution in [0, 0.1) is 0 Å². The van der Waals surface area contributed by atoms with E-state index in [9.17, 15) is 4.79 Å². The molecule has 96 valence electrons. The molecule has 0 saturated carbocycles. The highest BCUT2D eigenvalue weighted by Gasteiger charge is 2.39. The highest BCUT2D eigenvalue weighted by atomic mass is 35.5. The van der Waals surface area contributed by atoms with Gasteiger partial charge in [-0.05, 0) is 44.2 Å². The van der Waals surface area contributed by atoms with Crippen molar-refractivity contribution in [3.63, 3.8) is 0 Å². The van der Waals surface area contributed by atoms with Gasteiger partial charge in [0, 0.05) is 35.8 Å². The minimum absolute atomic E-state index is 0.136. The fourth-order valence-corrected chi connectivity index (χ4v) is 3.18. The maximum Gasteiger partial charge on any atom is 0.253 e. The van der Waals surface area contributed by atoms with Crippen molar-refractivity contribution in [2.75, 3.05) is 20.1 Å². The fourth-order valence-electron chi connectivity index (χ4n) is 3.05. The Labute approximate surface area is 112 Å². The third-order valence-corrected chi connectivity index (χ3v) is 4.48. The predicted octanol–water partition coefficient (Wildman–Crippen LogP) is 2.26. The van der Waals surface area contributed by atoms with E-state index >= 15 is 0 Å². The topological polar surface area (TPSA) is 23.6 Å². The van der Waals surface area contributed by atoms with Crippen LogP contribution in [0.4, 0.5) is 0 Å². The van der Waals surface area contributed by atoms with Crippen LogP contribution in [0.25, 0.3) is 0 Å². The summed E-state index contributed by atoms with van der Waals surface area (Å²) < 4.78 is 0. The van der Waals surface area contributed by atoms with Gasteiger partial charge in [0.25, 0.3) is 5.91 Å². The molecule has 2 unspecified atom stereocenters. The van der Waals surface area contributed by atoms with Gasteiger partial charge >= 0.3 is 0 Å². The zero-order chi connectivity index (χ0) is 12.7. The first-order valence-corrected chi connectivity index (χ1v) is 6.80. The second kappa shape index (κ2) is 4.56. The summed E-state index contributed by atoms with van der Waals surface area (Å²) in [5, 5.41) is 0.671. The Morgan fingerprint density at radius 2 is 1.72 bits per heavy atom. The van der Waals surface area contributed by atoms with Crippen LogP contribution >= 0.6 is 11.6 Å². The highest BCUT2D eigenvalue weighted by molar-refractivity contribution is 6.30. The van der Waals surface area contributed by atoms with E-state index in [1.54, 1.807) is 12.1 Å². The van der Waals surface area contributed by atoms with Gasteiger partial charge in [-0.15, -0.1) is 0 Å². The number of carbonyl (C=O) groups is 1. The summed E-state index contributed by atoms with van der Waals surface area (Å²) in [7, 11) is 2.17. The Balaban J connectivity index is 1.76. The van der Waals surface area contributed by atoms with Gasteiger partial charge in [0.15, 0.2) is 0 Å². The minimum atomic E-state index is 0.136. The second-order valence-corrected chi connectivity index (χ2v) is 5.70. The number of benzene rings is 1. The molecule has 3 rings (SSSR count). The van der Waals surface area contributed by atoms with Crippen LogP contribution < -0.4 is 0 Å². The van der Waals surface area contributed by atoms with Crippen LogP contribution in [0.3, 0.4) is 0 Å². The highest BCUT2D eigenvalue weighted by Crippen LogP contribution is 2.29. The molecule has 0 spiro atoms. The van der Waals surface area contributed by atoms with E-state index in [0.29, 0.717) is 17.1 Å². The monoisotopic (exact) mass is 264 g/mol. The third-order valence-electron chi connectivity index (χ3n) is 4.23. The first-order valence-electron chi connectivity index (χ1n) is 6.42. The lowest BCUT2D eigenvalue weighted by Gasteiger charge is -2.38. The van der Waals surface area contributed by atoms with E-state index in [-0.39, 0.29) is 5.91 Å². The molecule has 18 heavy (non-hydrogen) atoms. The number of halogens is 1. The van der Waals surface area contributed by atoms with Crippen LogP contribution in [-0.2, 0) is 0 Å². The van der Waals surface area contributed by atoms with E-state index in [1.807, 2.05) is 17.0 Å². The number of likely N-dealkylation sites (N-methyl/N-ethyl adjacent to an activating group) is 1. The molecule has 4 heteroatoms. The zero-order valence-electron chi connectivity index (χ0n) is 10.5. The number of nitrogens with zero attached hydrogens (tertiary/aromatic N) is 2. The molecule has 0 aliphatic carbocycles. The number of piperazine rings is 1. The van der Waals surface area contributed by atoms with Crippen LogP contribution in [0.2, 0.25) is 5.02 Å². The molecule has 3 nitrogen and oxygen atoms in total. The number of rotatable bonds is 1. The minimum Gasteiger partial charge on any atom is -0.336 e. The molecule has 1 aromatic rings. The van der Waals surface area contributed by atoms with Gasteiger partial charge in [-0.3, -0.25) is 9.69 Å². The summed E-state index contributed by atoms with van der Waals surface area (Å²) in [6.45, 7) is 1.71. The summed E-state index contributed by atoms with van der Waals surface area (Å²) in [6.07, 6.45) is 2.43. The lowest BCUT2D eigenvalue weighted by molar-refractivity contribution is 0.0524. The van der Waals surface area contributed by atoms with Gasteiger partial charge in [0.05, 0.1) is 0 Å². The molecule has 2 atom stereocenters. The van der Waals surface area contributed by atoms with Crippen molar-refractivity contribution in [2.24, 2.45) is 0 Å². The molecule has 2 fully saturated rings. The molecule has 0 radical (unpaired) electrons. The molecular weight excluding hydrogens is 248 g/mol. The lowest BCUT2D eigenvalue weighted by atomic mass is 10.1.